The topological polar surface area (TPSA) is 23.3 Å². The molecular formula is C14H9F3NO. The first-order valence-electron chi connectivity index (χ1n) is 5.66. The summed E-state index contributed by atoms with van der Waals surface area (Å²) in [6.07, 6.45) is -4.38. The number of fused-ring (bicyclic) bond motifs is 2. The van der Waals surface area contributed by atoms with Crippen molar-refractivity contribution in [3.63, 3.8) is 0 Å². The standard InChI is InChI=1S/C14H9F3NO/c1-8-9(14(15,16)17)6-7-12-13(8)18-10-4-2-3-5-11(10)19-12/h2-7H,1H3. The molecule has 1 aliphatic heterocycles. The summed E-state index contributed by atoms with van der Waals surface area (Å²) in [6.45, 7) is 1.41. The van der Waals surface area contributed by atoms with Crippen molar-refractivity contribution in [1.29, 1.82) is 0 Å². The van der Waals surface area contributed by atoms with Gasteiger partial charge >= 0.3 is 6.18 Å². The largest absolute Gasteiger partial charge is 0.453 e. The highest BCUT2D eigenvalue weighted by atomic mass is 19.4. The molecule has 97 valence electrons. The van der Waals surface area contributed by atoms with Crippen LogP contribution in [0.25, 0.3) is 0 Å². The van der Waals surface area contributed by atoms with Crippen LogP contribution >= 0.6 is 0 Å². The van der Waals surface area contributed by atoms with Crippen molar-refractivity contribution < 1.29 is 17.9 Å². The Morgan fingerprint density at radius 3 is 2.47 bits per heavy atom. The molecule has 1 radical (unpaired) electrons. The van der Waals surface area contributed by atoms with Crippen LogP contribution in [-0.4, -0.2) is 0 Å². The minimum atomic E-state index is -4.38. The Balaban J connectivity index is 2.12. The van der Waals surface area contributed by atoms with E-state index in [1.165, 1.54) is 13.0 Å². The lowest BCUT2D eigenvalue weighted by Gasteiger charge is -2.23. The van der Waals surface area contributed by atoms with Gasteiger partial charge < -0.3 is 4.74 Å². The molecule has 19 heavy (non-hydrogen) atoms. The fourth-order valence-corrected chi connectivity index (χ4v) is 2.08. The number of ether oxygens (including phenoxy) is 1. The van der Waals surface area contributed by atoms with Crippen LogP contribution in [0.1, 0.15) is 11.1 Å². The first kappa shape index (κ1) is 11.9. The number of alkyl halides is 3. The van der Waals surface area contributed by atoms with E-state index in [0.29, 0.717) is 17.2 Å². The fourth-order valence-electron chi connectivity index (χ4n) is 2.08. The Bertz CT molecular complexity index is 650. The van der Waals surface area contributed by atoms with Crippen LogP contribution < -0.4 is 10.1 Å². The van der Waals surface area contributed by atoms with Gasteiger partial charge in [-0.3, -0.25) is 0 Å². The van der Waals surface area contributed by atoms with E-state index in [1.54, 1.807) is 24.3 Å². The van der Waals surface area contributed by atoms with Gasteiger partial charge in [0.25, 0.3) is 0 Å². The maximum atomic E-state index is 12.8. The van der Waals surface area contributed by atoms with E-state index in [9.17, 15) is 13.2 Å². The van der Waals surface area contributed by atoms with Crippen LogP contribution in [0, 0.1) is 6.92 Å². The number of benzene rings is 2. The van der Waals surface area contributed by atoms with Crippen LogP contribution in [0.15, 0.2) is 36.4 Å². The van der Waals surface area contributed by atoms with Crippen molar-refractivity contribution in [3.05, 3.63) is 47.5 Å². The Labute approximate surface area is 107 Å². The van der Waals surface area contributed by atoms with E-state index in [0.717, 1.165) is 6.07 Å². The van der Waals surface area contributed by atoms with Crippen molar-refractivity contribution in [2.75, 3.05) is 0 Å². The summed E-state index contributed by atoms with van der Waals surface area (Å²) in [6, 6.07) is 9.32. The highest BCUT2D eigenvalue weighted by Gasteiger charge is 2.35. The van der Waals surface area contributed by atoms with Crippen LogP contribution in [0.5, 0.6) is 11.5 Å². The number of nitrogens with zero attached hydrogens (tertiary/aromatic N) is 1. The summed E-state index contributed by atoms with van der Waals surface area (Å²) in [5, 5.41) is 4.26. The summed E-state index contributed by atoms with van der Waals surface area (Å²) in [4.78, 5) is 0. The first-order valence-corrected chi connectivity index (χ1v) is 5.66. The molecule has 0 amide bonds. The lowest BCUT2D eigenvalue weighted by molar-refractivity contribution is -0.138. The second kappa shape index (κ2) is 3.91. The molecule has 0 bridgehead atoms. The van der Waals surface area contributed by atoms with Gasteiger partial charge in [-0.2, -0.15) is 13.2 Å². The molecule has 0 saturated heterocycles. The Morgan fingerprint density at radius 1 is 1.00 bits per heavy atom. The van der Waals surface area contributed by atoms with E-state index in [-0.39, 0.29) is 11.3 Å². The van der Waals surface area contributed by atoms with Gasteiger partial charge in [-0.1, -0.05) is 12.1 Å². The molecule has 0 saturated carbocycles. The molecule has 2 aromatic rings. The van der Waals surface area contributed by atoms with Crippen LogP contribution in [0.2, 0.25) is 0 Å². The zero-order valence-corrected chi connectivity index (χ0v) is 9.95. The molecule has 0 aromatic heterocycles. The average molecular weight is 264 g/mol. The molecule has 0 N–H and O–H groups in total. The Kier molecular flexibility index (Phi) is 2.45. The summed E-state index contributed by atoms with van der Waals surface area (Å²) >= 11 is 0. The summed E-state index contributed by atoms with van der Waals surface area (Å²) in [7, 11) is 0. The molecule has 1 aliphatic rings. The predicted molar refractivity (Wildman–Crippen MR) is 64.2 cm³/mol. The normalized spacial score (nSPS) is 13.1. The second-order valence-electron chi connectivity index (χ2n) is 4.26. The predicted octanol–water partition coefficient (Wildman–Crippen LogP) is 4.69. The first-order chi connectivity index (χ1) is 8.97. The minimum Gasteiger partial charge on any atom is -0.453 e. The molecule has 5 heteroatoms. The Hall–Kier alpha value is -2.17. The second-order valence-corrected chi connectivity index (χ2v) is 4.26. The molecule has 1 heterocycles. The maximum absolute atomic E-state index is 12.8. The molecule has 2 nitrogen and oxygen atoms in total. The van der Waals surface area contributed by atoms with Crippen molar-refractivity contribution in [1.82, 2.24) is 5.32 Å². The van der Waals surface area contributed by atoms with Gasteiger partial charge in [-0.25, -0.2) is 5.32 Å². The van der Waals surface area contributed by atoms with Crippen LogP contribution in [0.4, 0.5) is 24.5 Å². The number of hydrogen-bond acceptors (Lipinski definition) is 1. The molecule has 0 unspecified atom stereocenters. The highest BCUT2D eigenvalue weighted by molar-refractivity contribution is 5.71. The lowest BCUT2D eigenvalue weighted by atomic mass is 10.0. The summed E-state index contributed by atoms with van der Waals surface area (Å²) < 4.78 is 44.1. The van der Waals surface area contributed by atoms with E-state index < -0.39 is 11.7 Å². The maximum Gasteiger partial charge on any atom is 0.416 e. The summed E-state index contributed by atoms with van der Waals surface area (Å²) in [5.74, 6) is 0.901. The van der Waals surface area contributed by atoms with Crippen molar-refractivity contribution in [2.24, 2.45) is 0 Å². The molecule has 0 aliphatic carbocycles. The number of hydrogen-bond donors (Lipinski definition) is 0. The third-order valence-corrected chi connectivity index (χ3v) is 3.02. The average Bonchev–Trinajstić information content (AvgIpc) is 2.36. The quantitative estimate of drug-likeness (QED) is 0.577. The minimum absolute atomic E-state index is 0.0829. The van der Waals surface area contributed by atoms with Gasteiger partial charge in [0, 0.05) is 0 Å². The third-order valence-electron chi connectivity index (χ3n) is 3.02. The van der Waals surface area contributed by atoms with Crippen molar-refractivity contribution >= 4 is 11.4 Å². The van der Waals surface area contributed by atoms with E-state index in [1.807, 2.05) is 0 Å². The summed E-state index contributed by atoms with van der Waals surface area (Å²) in [5.41, 5.74) is 0.184. The van der Waals surface area contributed by atoms with Gasteiger partial charge in [0.05, 0.1) is 5.56 Å². The van der Waals surface area contributed by atoms with Gasteiger partial charge in [0.1, 0.15) is 11.4 Å². The molecule has 0 atom stereocenters. The molecular weight excluding hydrogens is 255 g/mol. The molecule has 2 aromatic carbocycles. The number of rotatable bonds is 0. The van der Waals surface area contributed by atoms with Gasteiger partial charge in [0.15, 0.2) is 11.5 Å². The van der Waals surface area contributed by atoms with Crippen molar-refractivity contribution in [3.8, 4) is 11.5 Å². The molecule has 3 rings (SSSR count). The van der Waals surface area contributed by atoms with E-state index in [4.69, 9.17) is 4.74 Å². The van der Waals surface area contributed by atoms with Gasteiger partial charge in [-0.05, 0) is 36.8 Å². The zero-order chi connectivity index (χ0) is 13.6. The molecule has 0 spiro atoms. The van der Waals surface area contributed by atoms with Gasteiger partial charge in [-0.15, -0.1) is 0 Å². The smallest absolute Gasteiger partial charge is 0.416 e. The lowest BCUT2D eigenvalue weighted by Crippen LogP contribution is -2.11. The number of halogens is 3. The zero-order valence-electron chi connectivity index (χ0n) is 9.95. The fraction of sp³-hybridized carbons (Fsp3) is 0.143. The van der Waals surface area contributed by atoms with Crippen molar-refractivity contribution in [2.45, 2.75) is 13.1 Å². The van der Waals surface area contributed by atoms with E-state index in [2.05, 4.69) is 5.32 Å². The van der Waals surface area contributed by atoms with Crippen LogP contribution in [-0.2, 0) is 6.18 Å². The molecule has 0 fully saturated rings. The monoisotopic (exact) mass is 264 g/mol. The number of para-hydroxylation sites is 2. The SMILES string of the molecule is Cc1c(C(F)(F)F)ccc2c1[N]c1ccccc1O2. The third kappa shape index (κ3) is 1.91. The Morgan fingerprint density at radius 2 is 1.74 bits per heavy atom. The highest BCUT2D eigenvalue weighted by Crippen LogP contribution is 2.46. The van der Waals surface area contributed by atoms with Crippen LogP contribution in [0.3, 0.4) is 0 Å². The van der Waals surface area contributed by atoms with E-state index >= 15 is 0 Å². The van der Waals surface area contributed by atoms with Gasteiger partial charge in [0.2, 0.25) is 0 Å².